The SMILES string of the molecule is CC(=O)C(C)COC(=O)N(C)C. The monoisotopic (exact) mass is 173 g/mol. The van der Waals surface area contributed by atoms with Gasteiger partial charge in [-0.2, -0.15) is 0 Å². The van der Waals surface area contributed by atoms with Gasteiger partial charge < -0.3 is 9.64 Å². The Morgan fingerprint density at radius 3 is 2.25 bits per heavy atom. The highest BCUT2D eigenvalue weighted by molar-refractivity contribution is 5.78. The Morgan fingerprint density at radius 1 is 1.42 bits per heavy atom. The van der Waals surface area contributed by atoms with Crippen LogP contribution in [0.2, 0.25) is 0 Å². The largest absolute Gasteiger partial charge is 0.449 e. The van der Waals surface area contributed by atoms with Gasteiger partial charge in [0.2, 0.25) is 0 Å². The third-order valence-electron chi connectivity index (χ3n) is 1.52. The van der Waals surface area contributed by atoms with Crippen molar-refractivity contribution in [3.05, 3.63) is 0 Å². The molecule has 0 radical (unpaired) electrons. The summed E-state index contributed by atoms with van der Waals surface area (Å²) in [5.74, 6) is -0.185. The summed E-state index contributed by atoms with van der Waals surface area (Å²) >= 11 is 0. The van der Waals surface area contributed by atoms with Crippen molar-refractivity contribution in [2.24, 2.45) is 5.92 Å². The van der Waals surface area contributed by atoms with E-state index in [1.54, 1.807) is 21.0 Å². The van der Waals surface area contributed by atoms with Gasteiger partial charge in [-0.25, -0.2) is 4.79 Å². The average Bonchev–Trinajstić information content (AvgIpc) is 1.98. The number of hydrogen-bond acceptors (Lipinski definition) is 3. The van der Waals surface area contributed by atoms with Gasteiger partial charge in [0.25, 0.3) is 0 Å². The Balaban J connectivity index is 3.69. The van der Waals surface area contributed by atoms with E-state index in [1.807, 2.05) is 0 Å². The van der Waals surface area contributed by atoms with Crippen molar-refractivity contribution >= 4 is 11.9 Å². The summed E-state index contributed by atoms with van der Waals surface area (Å²) in [6.45, 7) is 3.37. The lowest BCUT2D eigenvalue weighted by Crippen LogP contribution is -2.26. The van der Waals surface area contributed by atoms with E-state index < -0.39 is 6.09 Å². The molecule has 4 heteroatoms. The molecule has 0 bridgehead atoms. The summed E-state index contributed by atoms with van der Waals surface area (Å²) in [7, 11) is 3.20. The van der Waals surface area contributed by atoms with Crippen molar-refractivity contribution in [3.63, 3.8) is 0 Å². The zero-order valence-electron chi connectivity index (χ0n) is 7.96. The van der Waals surface area contributed by atoms with Crippen LogP contribution >= 0.6 is 0 Å². The standard InChI is InChI=1S/C8H15NO3/c1-6(7(2)10)5-12-8(11)9(3)4/h6H,5H2,1-4H3. The minimum atomic E-state index is -0.414. The normalized spacial score (nSPS) is 12.0. The number of carbonyl (C=O) groups is 2. The minimum Gasteiger partial charge on any atom is -0.449 e. The molecule has 0 aromatic rings. The number of hydrogen-bond donors (Lipinski definition) is 0. The van der Waals surface area contributed by atoms with Crippen LogP contribution in [0, 0.1) is 5.92 Å². The fourth-order valence-corrected chi connectivity index (χ4v) is 0.443. The van der Waals surface area contributed by atoms with Crippen molar-refractivity contribution in [2.45, 2.75) is 13.8 Å². The first-order valence-corrected chi connectivity index (χ1v) is 3.79. The fraction of sp³-hybridized carbons (Fsp3) is 0.750. The molecule has 0 saturated carbocycles. The molecule has 0 aromatic carbocycles. The van der Waals surface area contributed by atoms with Gasteiger partial charge in [0.05, 0.1) is 0 Å². The zero-order valence-corrected chi connectivity index (χ0v) is 7.96. The van der Waals surface area contributed by atoms with Crippen LogP contribution in [0.1, 0.15) is 13.8 Å². The molecule has 0 aliphatic rings. The van der Waals surface area contributed by atoms with Gasteiger partial charge in [0, 0.05) is 20.0 Å². The van der Waals surface area contributed by atoms with Gasteiger partial charge in [0.15, 0.2) is 0 Å². The number of amides is 1. The van der Waals surface area contributed by atoms with Crippen molar-refractivity contribution in [3.8, 4) is 0 Å². The Morgan fingerprint density at radius 2 is 1.92 bits per heavy atom. The van der Waals surface area contributed by atoms with Crippen LogP contribution in [-0.4, -0.2) is 37.5 Å². The van der Waals surface area contributed by atoms with Crippen LogP contribution in [0.15, 0.2) is 0 Å². The number of rotatable bonds is 3. The number of carbonyl (C=O) groups excluding carboxylic acids is 2. The summed E-state index contributed by atoms with van der Waals surface area (Å²) in [6, 6.07) is 0. The second-order valence-electron chi connectivity index (χ2n) is 2.98. The Hall–Kier alpha value is -1.06. The van der Waals surface area contributed by atoms with Gasteiger partial charge >= 0.3 is 6.09 Å². The molecule has 1 atom stereocenters. The lowest BCUT2D eigenvalue weighted by Gasteiger charge is -2.12. The molecule has 0 fully saturated rings. The molecule has 0 spiro atoms. The topological polar surface area (TPSA) is 46.6 Å². The highest BCUT2D eigenvalue weighted by atomic mass is 16.6. The molecule has 0 aromatic heterocycles. The highest BCUT2D eigenvalue weighted by Gasteiger charge is 2.11. The summed E-state index contributed by atoms with van der Waals surface area (Å²) in [6.07, 6.45) is -0.414. The molecule has 0 rings (SSSR count). The second-order valence-corrected chi connectivity index (χ2v) is 2.98. The number of ether oxygens (including phenoxy) is 1. The van der Waals surface area contributed by atoms with Crippen LogP contribution in [0.25, 0.3) is 0 Å². The first kappa shape index (κ1) is 10.9. The van der Waals surface area contributed by atoms with Crippen molar-refractivity contribution in [1.82, 2.24) is 4.90 Å². The van der Waals surface area contributed by atoms with Crippen LogP contribution in [0.5, 0.6) is 0 Å². The molecule has 0 heterocycles. The maximum absolute atomic E-state index is 10.9. The van der Waals surface area contributed by atoms with E-state index in [-0.39, 0.29) is 18.3 Å². The molecule has 0 aliphatic heterocycles. The Kier molecular flexibility index (Phi) is 4.33. The van der Waals surface area contributed by atoms with Gasteiger partial charge in [-0.1, -0.05) is 6.92 Å². The third kappa shape index (κ3) is 3.95. The molecule has 70 valence electrons. The predicted molar refractivity (Wildman–Crippen MR) is 44.9 cm³/mol. The smallest absolute Gasteiger partial charge is 0.409 e. The number of Topliss-reactive ketones (excluding diaryl/α,β-unsaturated/α-hetero) is 1. The maximum Gasteiger partial charge on any atom is 0.409 e. The van der Waals surface area contributed by atoms with Crippen molar-refractivity contribution < 1.29 is 14.3 Å². The second kappa shape index (κ2) is 4.74. The molecular weight excluding hydrogens is 158 g/mol. The quantitative estimate of drug-likeness (QED) is 0.637. The molecule has 0 aliphatic carbocycles. The Labute approximate surface area is 72.5 Å². The Bertz CT molecular complexity index is 177. The summed E-state index contributed by atoms with van der Waals surface area (Å²) in [5, 5.41) is 0. The van der Waals surface area contributed by atoms with Gasteiger partial charge in [-0.05, 0) is 6.92 Å². The average molecular weight is 173 g/mol. The highest BCUT2D eigenvalue weighted by Crippen LogP contribution is 1.98. The molecule has 4 nitrogen and oxygen atoms in total. The van der Waals surface area contributed by atoms with Crippen LogP contribution in [-0.2, 0) is 9.53 Å². The third-order valence-corrected chi connectivity index (χ3v) is 1.52. The first-order chi connectivity index (χ1) is 5.45. The van der Waals surface area contributed by atoms with Gasteiger partial charge in [-0.15, -0.1) is 0 Å². The van der Waals surface area contributed by atoms with E-state index in [0.29, 0.717) is 0 Å². The minimum absolute atomic E-state index is 0.0292. The van der Waals surface area contributed by atoms with Crippen LogP contribution in [0.4, 0.5) is 4.79 Å². The van der Waals surface area contributed by atoms with Gasteiger partial charge in [-0.3, -0.25) is 4.79 Å². The van der Waals surface area contributed by atoms with E-state index in [4.69, 9.17) is 4.74 Å². The van der Waals surface area contributed by atoms with Gasteiger partial charge in [0.1, 0.15) is 12.4 Å². The van der Waals surface area contributed by atoms with Crippen molar-refractivity contribution in [1.29, 1.82) is 0 Å². The van der Waals surface area contributed by atoms with E-state index in [9.17, 15) is 9.59 Å². The lowest BCUT2D eigenvalue weighted by atomic mass is 10.1. The summed E-state index contributed by atoms with van der Waals surface area (Å²) in [5.41, 5.74) is 0. The van der Waals surface area contributed by atoms with E-state index in [2.05, 4.69) is 0 Å². The number of nitrogens with zero attached hydrogens (tertiary/aromatic N) is 1. The predicted octanol–water partition coefficient (Wildman–Crippen LogP) is 0.910. The van der Waals surface area contributed by atoms with E-state index in [1.165, 1.54) is 11.8 Å². The number of ketones is 1. The van der Waals surface area contributed by atoms with Crippen molar-refractivity contribution in [2.75, 3.05) is 20.7 Å². The fourth-order valence-electron chi connectivity index (χ4n) is 0.443. The molecule has 1 unspecified atom stereocenters. The van der Waals surface area contributed by atoms with Crippen LogP contribution < -0.4 is 0 Å². The molecule has 1 amide bonds. The van der Waals surface area contributed by atoms with E-state index in [0.717, 1.165) is 0 Å². The lowest BCUT2D eigenvalue weighted by molar-refractivity contribution is -0.121. The molecule has 0 N–H and O–H groups in total. The molecular formula is C8H15NO3. The van der Waals surface area contributed by atoms with E-state index >= 15 is 0 Å². The summed E-state index contributed by atoms with van der Waals surface area (Å²) < 4.78 is 4.79. The summed E-state index contributed by atoms with van der Waals surface area (Å²) in [4.78, 5) is 22.9. The zero-order chi connectivity index (χ0) is 9.72. The first-order valence-electron chi connectivity index (χ1n) is 3.79. The maximum atomic E-state index is 10.9. The molecule has 0 saturated heterocycles. The van der Waals surface area contributed by atoms with Crippen LogP contribution in [0.3, 0.4) is 0 Å². The molecule has 12 heavy (non-hydrogen) atoms.